The molecular formula is C14H23N3O2. The average molecular weight is 265 g/mol. The van der Waals surface area contributed by atoms with Gasteiger partial charge in [0.2, 0.25) is 0 Å². The molecule has 0 aliphatic carbocycles. The highest BCUT2D eigenvalue weighted by Gasteiger charge is 2.27. The Hall–Kier alpha value is -1.36. The molecular weight excluding hydrogens is 242 g/mol. The molecule has 5 nitrogen and oxygen atoms in total. The number of aliphatic hydroxyl groups excluding tert-OH is 1. The Kier molecular flexibility index (Phi) is 4.58. The molecule has 0 bridgehead atoms. The van der Waals surface area contributed by atoms with Crippen molar-refractivity contribution >= 4 is 5.82 Å². The first-order valence-corrected chi connectivity index (χ1v) is 7.09. The molecule has 0 aromatic carbocycles. The molecule has 0 spiro atoms. The molecule has 0 saturated carbocycles. The Morgan fingerprint density at radius 2 is 2.32 bits per heavy atom. The molecule has 1 aliphatic heterocycles. The summed E-state index contributed by atoms with van der Waals surface area (Å²) in [5.41, 5.74) is -0.00611. The molecule has 5 heteroatoms. The third-order valence-electron chi connectivity index (χ3n) is 3.75. The van der Waals surface area contributed by atoms with Crippen LogP contribution in [0, 0.1) is 0 Å². The zero-order valence-corrected chi connectivity index (χ0v) is 11.7. The van der Waals surface area contributed by atoms with E-state index in [1.54, 1.807) is 17.0 Å². The van der Waals surface area contributed by atoms with Crippen molar-refractivity contribution in [3.05, 3.63) is 22.7 Å². The molecule has 1 N–H and O–H groups in total. The van der Waals surface area contributed by atoms with Gasteiger partial charge >= 0.3 is 0 Å². The van der Waals surface area contributed by atoms with Crippen LogP contribution in [0.2, 0.25) is 0 Å². The second kappa shape index (κ2) is 6.19. The predicted molar refractivity (Wildman–Crippen MR) is 75.6 cm³/mol. The van der Waals surface area contributed by atoms with E-state index < -0.39 is 0 Å². The predicted octanol–water partition coefficient (Wildman–Crippen LogP) is 1.57. The van der Waals surface area contributed by atoms with Crippen LogP contribution in [0.3, 0.4) is 0 Å². The molecule has 1 atom stereocenters. The average Bonchev–Trinajstić information content (AvgIpc) is 2.84. The Morgan fingerprint density at radius 3 is 3.00 bits per heavy atom. The van der Waals surface area contributed by atoms with Gasteiger partial charge in [0, 0.05) is 37.6 Å². The molecule has 1 aromatic rings. The van der Waals surface area contributed by atoms with Crippen LogP contribution in [-0.4, -0.2) is 33.9 Å². The van der Waals surface area contributed by atoms with Gasteiger partial charge in [0.25, 0.3) is 5.56 Å². The fraction of sp³-hybridized carbons (Fsp3) is 0.714. The van der Waals surface area contributed by atoms with Crippen LogP contribution in [0.5, 0.6) is 0 Å². The van der Waals surface area contributed by atoms with Gasteiger partial charge in [0.1, 0.15) is 0 Å². The highest BCUT2D eigenvalue weighted by atomic mass is 16.3. The van der Waals surface area contributed by atoms with Crippen molar-refractivity contribution in [1.82, 2.24) is 9.55 Å². The second-order valence-corrected chi connectivity index (χ2v) is 5.41. The summed E-state index contributed by atoms with van der Waals surface area (Å²) in [6.45, 7) is 5.10. The van der Waals surface area contributed by atoms with E-state index in [0.29, 0.717) is 11.9 Å². The van der Waals surface area contributed by atoms with Crippen LogP contribution in [0.1, 0.15) is 45.6 Å². The van der Waals surface area contributed by atoms with Crippen molar-refractivity contribution in [2.24, 2.45) is 0 Å². The highest BCUT2D eigenvalue weighted by molar-refractivity contribution is 5.38. The summed E-state index contributed by atoms with van der Waals surface area (Å²) in [6.07, 6.45) is 7.33. The lowest BCUT2D eigenvalue weighted by Gasteiger charge is -2.25. The lowest BCUT2D eigenvalue weighted by atomic mass is 10.1. The van der Waals surface area contributed by atoms with Crippen LogP contribution in [-0.2, 0) is 0 Å². The minimum Gasteiger partial charge on any atom is -0.396 e. The minimum atomic E-state index is -0.00611. The smallest absolute Gasteiger partial charge is 0.293 e. The summed E-state index contributed by atoms with van der Waals surface area (Å²) >= 11 is 0. The van der Waals surface area contributed by atoms with Gasteiger partial charge in [-0.15, -0.1) is 0 Å². The minimum absolute atomic E-state index is 0.00611. The first kappa shape index (κ1) is 14.1. The van der Waals surface area contributed by atoms with Crippen LogP contribution in [0.15, 0.2) is 17.2 Å². The fourth-order valence-electron chi connectivity index (χ4n) is 2.76. The van der Waals surface area contributed by atoms with Gasteiger partial charge in [-0.3, -0.25) is 4.79 Å². The molecule has 1 saturated heterocycles. The van der Waals surface area contributed by atoms with E-state index in [-0.39, 0.29) is 18.2 Å². The third-order valence-corrected chi connectivity index (χ3v) is 3.75. The summed E-state index contributed by atoms with van der Waals surface area (Å²) < 4.78 is 1.73. The number of aromatic nitrogens is 2. The zero-order valence-electron chi connectivity index (χ0n) is 11.7. The summed E-state index contributed by atoms with van der Waals surface area (Å²) in [5.74, 6) is 0.566. The monoisotopic (exact) mass is 265 g/mol. The maximum absolute atomic E-state index is 12.4. The van der Waals surface area contributed by atoms with Gasteiger partial charge < -0.3 is 14.6 Å². The van der Waals surface area contributed by atoms with Crippen molar-refractivity contribution in [3.63, 3.8) is 0 Å². The number of hydrogen-bond donors (Lipinski definition) is 1. The SMILES string of the molecule is CC(C)n1ccnc(N2CCCC2CCCO)c1=O. The molecule has 106 valence electrons. The fourth-order valence-corrected chi connectivity index (χ4v) is 2.76. The Morgan fingerprint density at radius 1 is 1.53 bits per heavy atom. The summed E-state index contributed by atoms with van der Waals surface area (Å²) in [4.78, 5) is 18.8. The standard InChI is InChI=1S/C14H23N3O2/c1-11(2)16-9-7-15-13(14(16)19)17-8-3-5-12(17)6-4-10-18/h7,9,11-12,18H,3-6,8,10H2,1-2H3. The lowest BCUT2D eigenvalue weighted by molar-refractivity contribution is 0.279. The Balaban J connectivity index is 2.26. The summed E-state index contributed by atoms with van der Waals surface area (Å²) in [7, 11) is 0. The quantitative estimate of drug-likeness (QED) is 0.878. The molecule has 2 heterocycles. The topological polar surface area (TPSA) is 58.4 Å². The molecule has 1 aliphatic rings. The first-order valence-electron chi connectivity index (χ1n) is 7.09. The van der Waals surface area contributed by atoms with Gasteiger partial charge in [0.05, 0.1) is 0 Å². The lowest BCUT2D eigenvalue weighted by Crippen LogP contribution is -2.37. The van der Waals surface area contributed by atoms with Crippen molar-refractivity contribution in [2.45, 2.75) is 51.6 Å². The normalized spacial score (nSPS) is 19.4. The van der Waals surface area contributed by atoms with Crippen LogP contribution in [0.25, 0.3) is 0 Å². The number of rotatable bonds is 5. The number of anilines is 1. The molecule has 1 aromatic heterocycles. The molecule has 19 heavy (non-hydrogen) atoms. The van der Waals surface area contributed by atoms with E-state index in [1.807, 2.05) is 13.8 Å². The van der Waals surface area contributed by atoms with Crippen LogP contribution < -0.4 is 10.5 Å². The maximum atomic E-state index is 12.4. The van der Waals surface area contributed by atoms with Crippen LogP contribution >= 0.6 is 0 Å². The summed E-state index contributed by atoms with van der Waals surface area (Å²) in [6, 6.07) is 0.489. The Bertz CT molecular complexity index is 470. The molecule has 0 radical (unpaired) electrons. The number of hydrogen-bond acceptors (Lipinski definition) is 4. The van der Waals surface area contributed by atoms with Crippen LogP contribution in [0.4, 0.5) is 5.82 Å². The van der Waals surface area contributed by atoms with E-state index in [4.69, 9.17) is 5.11 Å². The number of nitrogens with zero attached hydrogens (tertiary/aromatic N) is 3. The van der Waals surface area contributed by atoms with Gasteiger partial charge in [-0.05, 0) is 39.5 Å². The largest absolute Gasteiger partial charge is 0.396 e. The zero-order chi connectivity index (χ0) is 13.8. The number of aliphatic hydroxyl groups is 1. The van der Waals surface area contributed by atoms with Gasteiger partial charge in [-0.25, -0.2) is 4.98 Å². The Labute approximate surface area is 113 Å². The van der Waals surface area contributed by atoms with E-state index in [2.05, 4.69) is 9.88 Å². The van der Waals surface area contributed by atoms with Crippen molar-refractivity contribution in [3.8, 4) is 0 Å². The molecule has 1 fully saturated rings. The molecule has 2 rings (SSSR count). The van der Waals surface area contributed by atoms with Crippen molar-refractivity contribution < 1.29 is 5.11 Å². The molecule has 0 amide bonds. The van der Waals surface area contributed by atoms with E-state index in [9.17, 15) is 4.79 Å². The van der Waals surface area contributed by atoms with Crippen molar-refractivity contribution in [1.29, 1.82) is 0 Å². The molecule has 1 unspecified atom stereocenters. The van der Waals surface area contributed by atoms with Crippen molar-refractivity contribution in [2.75, 3.05) is 18.1 Å². The second-order valence-electron chi connectivity index (χ2n) is 5.41. The third kappa shape index (κ3) is 2.97. The van der Waals surface area contributed by atoms with E-state index in [0.717, 1.165) is 32.2 Å². The highest BCUT2D eigenvalue weighted by Crippen LogP contribution is 2.24. The van der Waals surface area contributed by atoms with E-state index in [1.165, 1.54) is 0 Å². The summed E-state index contributed by atoms with van der Waals surface area (Å²) in [5, 5.41) is 8.95. The van der Waals surface area contributed by atoms with Gasteiger partial charge in [0.15, 0.2) is 5.82 Å². The van der Waals surface area contributed by atoms with Gasteiger partial charge in [-0.2, -0.15) is 0 Å². The maximum Gasteiger partial charge on any atom is 0.293 e. The van der Waals surface area contributed by atoms with Gasteiger partial charge in [-0.1, -0.05) is 0 Å². The first-order chi connectivity index (χ1) is 9.15. The van der Waals surface area contributed by atoms with E-state index >= 15 is 0 Å².